The van der Waals surface area contributed by atoms with Crippen molar-refractivity contribution >= 4 is 23.2 Å². The van der Waals surface area contributed by atoms with Gasteiger partial charge in [0.2, 0.25) is 0 Å². The van der Waals surface area contributed by atoms with Crippen LogP contribution in [0, 0.1) is 6.92 Å². The van der Waals surface area contributed by atoms with Crippen LogP contribution in [0.15, 0.2) is 53.9 Å². The molecule has 2 aromatic carbocycles. The van der Waals surface area contributed by atoms with E-state index in [9.17, 15) is 27.9 Å². The van der Waals surface area contributed by atoms with Gasteiger partial charge in [0.25, 0.3) is 11.8 Å². The van der Waals surface area contributed by atoms with Crippen molar-refractivity contribution in [1.29, 1.82) is 0 Å². The van der Waals surface area contributed by atoms with E-state index in [4.69, 9.17) is 0 Å². The Labute approximate surface area is 245 Å². The van der Waals surface area contributed by atoms with E-state index in [0.717, 1.165) is 54.2 Å². The van der Waals surface area contributed by atoms with E-state index in [1.807, 2.05) is 42.6 Å². The molecular formula is C30H33F3N4O4S. The maximum absolute atomic E-state index is 13.7. The lowest BCUT2D eigenvalue weighted by Crippen LogP contribution is -2.52. The normalized spacial score (nSPS) is 20.4. The number of likely N-dealkylation sites (tertiary alicyclic amines) is 1. The van der Waals surface area contributed by atoms with Crippen molar-refractivity contribution in [1.82, 2.24) is 20.5 Å². The fourth-order valence-electron chi connectivity index (χ4n) is 5.66. The maximum Gasteiger partial charge on any atom is 0.573 e. The lowest BCUT2D eigenvalue weighted by Gasteiger charge is -2.29. The number of aryl methyl sites for hydroxylation is 1. The van der Waals surface area contributed by atoms with Crippen LogP contribution in [-0.2, 0) is 6.42 Å². The first-order valence-corrected chi connectivity index (χ1v) is 14.9. The van der Waals surface area contributed by atoms with E-state index in [-0.39, 0.29) is 23.2 Å². The number of ether oxygens (including phenoxy) is 1. The van der Waals surface area contributed by atoms with Gasteiger partial charge in [-0.05, 0) is 69.3 Å². The second kappa shape index (κ2) is 12.8. The lowest BCUT2D eigenvalue weighted by molar-refractivity contribution is -0.274. The Morgan fingerprint density at radius 3 is 2.60 bits per heavy atom. The predicted molar refractivity (Wildman–Crippen MR) is 151 cm³/mol. The number of aromatic nitrogens is 1. The average Bonchev–Trinajstić information content (AvgIpc) is 3.73. The molecule has 0 aliphatic carbocycles. The second-order valence-electron chi connectivity index (χ2n) is 10.7. The van der Waals surface area contributed by atoms with Gasteiger partial charge in [0.1, 0.15) is 10.8 Å². The lowest BCUT2D eigenvalue weighted by atomic mass is 9.95. The standard InChI is InChI=1S/C30H33F3N4O4S/c1-18-17-42-28(35-18)25-10-6-12-37(25)29(40)21-14-20(15-22(16-21)41-30(31,32)33)27(39)36-24(13-19-7-3-2-4-8-19)26(38)23-9-5-11-34-23/h2-4,7-8,14-17,23-26,34,38H,5-6,9-13H2,1H3,(H,36,39). The van der Waals surface area contributed by atoms with E-state index in [1.54, 1.807) is 4.90 Å². The predicted octanol–water partition coefficient (Wildman–Crippen LogP) is 4.78. The summed E-state index contributed by atoms with van der Waals surface area (Å²) in [4.78, 5) is 33.3. The Hall–Kier alpha value is -3.48. The Morgan fingerprint density at radius 1 is 1.17 bits per heavy atom. The molecule has 42 heavy (non-hydrogen) atoms. The van der Waals surface area contributed by atoms with Gasteiger partial charge in [0.15, 0.2) is 0 Å². The maximum atomic E-state index is 13.7. The Morgan fingerprint density at radius 2 is 1.93 bits per heavy atom. The number of alkyl halides is 3. The molecule has 0 bridgehead atoms. The molecule has 2 amide bonds. The van der Waals surface area contributed by atoms with E-state index in [1.165, 1.54) is 17.4 Å². The summed E-state index contributed by atoms with van der Waals surface area (Å²) in [5.41, 5.74) is 1.43. The molecule has 0 saturated carbocycles. The van der Waals surface area contributed by atoms with Crippen LogP contribution in [0.2, 0.25) is 0 Å². The molecule has 4 atom stereocenters. The van der Waals surface area contributed by atoms with Crippen molar-refractivity contribution in [3.63, 3.8) is 0 Å². The van der Waals surface area contributed by atoms with Gasteiger partial charge in [-0.1, -0.05) is 30.3 Å². The second-order valence-corrected chi connectivity index (χ2v) is 11.6. The van der Waals surface area contributed by atoms with E-state index in [0.29, 0.717) is 19.4 Å². The third-order valence-corrected chi connectivity index (χ3v) is 8.69. The van der Waals surface area contributed by atoms with Crippen LogP contribution >= 0.6 is 11.3 Å². The SMILES string of the molecule is Cc1csc(C2CCCN2C(=O)c2cc(OC(F)(F)F)cc(C(=O)NC(Cc3ccccc3)C(O)C3CCCN3)c2)n1. The number of rotatable bonds is 9. The van der Waals surface area contributed by atoms with Crippen LogP contribution < -0.4 is 15.4 Å². The van der Waals surface area contributed by atoms with Gasteiger partial charge in [-0.3, -0.25) is 9.59 Å². The molecule has 3 heterocycles. The zero-order valence-electron chi connectivity index (χ0n) is 23.1. The molecule has 8 nitrogen and oxygen atoms in total. The first kappa shape index (κ1) is 30.0. The molecule has 3 N–H and O–H groups in total. The van der Waals surface area contributed by atoms with Crippen LogP contribution in [-0.4, -0.2) is 64.4 Å². The van der Waals surface area contributed by atoms with Gasteiger partial charge in [-0.15, -0.1) is 24.5 Å². The summed E-state index contributed by atoms with van der Waals surface area (Å²) in [5.74, 6) is -1.90. The van der Waals surface area contributed by atoms with Crippen molar-refractivity contribution in [3.8, 4) is 5.75 Å². The summed E-state index contributed by atoms with van der Waals surface area (Å²) in [7, 11) is 0. The third-order valence-electron chi connectivity index (χ3n) is 7.62. The quantitative estimate of drug-likeness (QED) is 0.326. The van der Waals surface area contributed by atoms with Crippen molar-refractivity contribution in [2.45, 2.75) is 69.6 Å². The molecule has 0 spiro atoms. The number of aliphatic hydroxyl groups is 1. The summed E-state index contributed by atoms with van der Waals surface area (Å²) in [6.07, 6.45) is -2.66. The van der Waals surface area contributed by atoms with E-state index < -0.39 is 36.1 Å². The summed E-state index contributed by atoms with van der Waals surface area (Å²) in [6, 6.07) is 11.3. The van der Waals surface area contributed by atoms with Crippen molar-refractivity contribution < 1.29 is 32.6 Å². The van der Waals surface area contributed by atoms with Gasteiger partial charge in [-0.25, -0.2) is 4.98 Å². The van der Waals surface area contributed by atoms with Gasteiger partial charge in [0, 0.05) is 34.8 Å². The monoisotopic (exact) mass is 602 g/mol. The highest BCUT2D eigenvalue weighted by Gasteiger charge is 2.36. The van der Waals surface area contributed by atoms with Crippen molar-refractivity contribution in [2.24, 2.45) is 0 Å². The van der Waals surface area contributed by atoms with Crippen LogP contribution in [0.1, 0.15) is 68.7 Å². The summed E-state index contributed by atoms with van der Waals surface area (Å²) < 4.78 is 43.9. The number of nitrogens with zero attached hydrogens (tertiary/aromatic N) is 2. The fraction of sp³-hybridized carbons (Fsp3) is 0.433. The molecule has 2 aliphatic rings. The first-order chi connectivity index (χ1) is 20.1. The van der Waals surface area contributed by atoms with Gasteiger partial charge in [0.05, 0.1) is 18.2 Å². The molecule has 12 heteroatoms. The van der Waals surface area contributed by atoms with Gasteiger partial charge >= 0.3 is 6.36 Å². The average molecular weight is 603 g/mol. The molecule has 224 valence electrons. The number of carbonyl (C=O) groups is 2. The molecule has 4 unspecified atom stereocenters. The van der Waals surface area contributed by atoms with E-state index in [2.05, 4.69) is 20.4 Å². The number of thiazole rings is 1. The highest BCUT2D eigenvalue weighted by molar-refractivity contribution is 7.09. The Balaban J connectivity index is 1.43. The minimum Gasteiger partial charge on any atom is -0.406 e. The summed E-state index contributed by atoms with van der Waals surface area (Å²) in [5, 5.41) is 19.9. The Bertz CT molecular complexity index is 1390. The number of carbonyl (C=O) groups excluding carboxylic acids is 2. The molecule has 3 aromatic rings. The van der Waals surface area contributed by atoms with Crippen LogP contribution in [0.4, 0.5) is 13.2 Å². The number of benzene rings is 2. The van der Waals surface area contributed by atoms with Gasteiger partial charge in [-0.2, -0.15) is 0 Å². The molecule has 1 aromatic heterocycles. The summed E-state index contributed by atoms with van der Waals surface area (Å²) in [6.45, 7) is 3.01. The van der Waals surface area contributed by atoms with Crippen molar-refractivity contribution in [2.75, 3.05) is 13.1 Å². The number of hydrogen-bond acceptors (Lipinski definition) is 7. The van der Waals surface area contributed by atoms with E-state index >= 15 is 0 Å². The fourth-order valence-corrected chi connectivity index (χ4v) is 6.61. The molecule has 5 rings (SSSR count). The smallest absolute Gasteiger partial charge is 0.406 e. The molecule has 2 saturated heterocycles. The molecule has 0 radical (unpaired) electrons. The molecular weight excluding hydrogens is 569 g/mol. The highest BCUT2D eigenvalue weighted by atomic mass is 32.1. The van der Waals surface area contributed by atoms with Crippen LogP contribution in [0.3, 0.4) is 0 Å². The first-order valence-electron chi connectivity index (χ1n) is 14.0. The largest absolute Gasteiger partial charge is 0.573 e. The number of aliphatic hydroxyl groups excluding tert-OH is 1. The number of hydrogen-bond donors (Lipinski definition) is 3. The minimum atomic E-state index is -5.02. The third kappa shape index (κ3) is 7.29. The van der Waals surface area contributed by atoms with Crippen molar-refractivity contribution in [3.05, 3.63) is 81.3 Å². The number of nitrogens with one attached hydrogen (secondary N) is 2. The summed E-state index contributed by atoms with van der Waals surface area (Å²) >= 11 is 1.43. The zero-order chi connectivity index (χ0) is 29.9. The zero-order valence-corrected chi connectivity index (χ0v) is 23.9. The number of amides is 2. The topological polar surface area (TPSA) is 104 Å². The molecule has 2 fully saturated rings. The van der Waals surface area contributed by atoms with Gasteiger partial charge < -0.3 is 25.4 Å². The van der Waals surface area contributed by atoms with Crippen LogP contribution in [0.5, 0.6) is 5.75 Å². The minimum absolute atomic E-state index is 0.0975. The van der Waals surface area contributed by atoms with Crippen LogP contribution in [0.25, 0.3) is 0 Å². The number of halogens is 3. The highest BCUT2D eigenvalue weighted by Crippen LogP contribution is 2.36. The molecule has 2 aliphatic heterocycles. The Kier molecular flexibility index (Phi) is 9.14.